The number of hydrogen-bond donors (Lipinski definition) is 1. The lowest BCUT2D eigenvalue weighted by molar-refractivity contribution is -0.384. The van der Waals surface area contributed by atoms with Crippen molar-refractivity contribution in [3.63, 3.8) is 0 Å². The van der Waals surface area contributed by atoms with Crippen LogP contribution in [0.4, 0.5) is 5.69 Å². The summed E-state index contributed by atoms with van der Waals surface area (Å²) in [7, 11) is 0. The highest BCUT2D eigenvalue weighted by molar-refractivity contribution is 5.98. The third-order valence-corrected chi connectivity index (χ3v) is 3.08. The van der Waals surface area contributed by atoms with E-state index in [-0.39, 0.29) is 30.0 Å². The highest BCUT2D eigenvalue weighted by Crippen LogP contribution is 2.18. The number of nitrogens with zero attached hydrogens (tertiary/aromatic N) is 2. The monoisotopic (exact) mass is 329 g/mol. The highest BCUT2D eigenvalue weighted by atomic mass is 16.6. The van der Waals surface area contributed by atoms with E-state index in [1.165, 1.54) is 6.07 Å². The van der Waals surface area contributed by atoms with Crippen molar-refractivity contribution in [3.8, 4) is 0 Å². The molecule has 2 rings (SSSR count). The molecule has 0 aliphatic carbocycles. The van der Waals surface area contributed by atoms with Crippen LogP contribution in [0.1, 0.15) is 33.2 Å². The van der Waals surface area contributed by atoms with Gasteiger partial charge in [0.1, 0.15) is 0 Å². The van der Waals surface area contributed by atoms with Crippen LogP contribution in [-0.2, 0) is 11.3 Å². The first kappa shape index (κ1) is 17.1. The minimum atomic E-state index is -0.720. The van der Waals surface area contributed by atoms with Gasteiger partial charge in [0.15, 0.2) is 0 Å². The van der Waals surface area contributed by atoms with Gasteiger partial charge >= 0.3 is 5.97 Å². The number of hydrogen-bond acceptors (Lipinski definition) is 6. The van der Waals surface area contributed by atoms with E-state index < -0.39 is 16.8 Å². The van der Waals surface area contributed by atoms with Crippen molar-refractivity contribution in [2.24, 2.45) is 0 Å². The Morgan fingerprint density at radius 1 is 1.29 bits per heavy atom. The summed E-state index contributed by atoms with van der Waals surface area (Å²) in [6.45, 7) is 1.96. The second-order valence-corrected chi connectivity index (χ2v) is 4.79. The van der Waals surface area contributed by atoms with Gasteiger partial charge in [-0.25, -0.2) is 4.79 Å². The number of pyridine rings is 1. The Kier molecular flexibility index (Phi) is 5.56. The molecular weight excluding hydrogens is 314 g/mol. The summed E-state index contributed by atoms with van der Waals surface area (Å²) < 4.78 is 4.83. The SMILES string of the molecule is CCOC(=O)c1cc(C(=O)NCc2cccnc2)cc([N+](=O)[O-])c1. The van der Waals surface area contributed by atoms with E-state index in [2.05, 4.69) is 10.3 Å². The fourth-order valence-electron chi connectivity index (χ4n) is 1.97. The maximum absolute atomic E-state index is 12.2. The van der Waals surface area contributed by atoms with Crippen LogP contribution >= 0.6 is 0 Å². The maximum atomic E-state index is 12.2. The molecule has 1 amide bonds. The second kappa shape index (κ2) is 7.82. The highest BCUT2D eigenvalue weighted by Gasteiger charge is 2.18. The molecule has 0 atom stereocenters. The van der Waals surface area contributed by atoms with Crippen LogP contribution in [0.25, 0.3) is 0 Å². The zero-order valence-electron chi connectivity index (χ0n) is 12.9. The molecule has 1 N–H and O–H groups in total. The van der Waals surface area contributed by atoms with E-state index in [4.69, 9.17) is 4.74 Å². The molecule has 0 unspecified atom stereocenters. The Labute approximate surface area is 137 Å². The van der Waals surface area contributed by atoms with Crippen LogP contribution in [0, 0.1) is 10.1 Å². The number of ether oxygens (including phenoxy) is 1. The third kappa shape index (κ3) is 4.35. The first-order valence-electron chi connectivity index (χ1n) is 7.15. The van der Waals surface area contributed by atoms with Crippen LogP contribution in [0.5, 0.6) is 0 Å². The molecule has 0 saturated carbocycles. The van der Waals surface area contributed by atoms with Gasteiger partial charge in [0.05, 0.1) is 17.1 Å². The van der Waals surface area contributed by atoms with Crippen molar-refractivity contribution in [1.82, 2.24) is 10.3 Å². The number of nitro benzene ring substituents is 1. The van der Waals surface area contributed by atoms with E-state index in [0.29, 0.717) is 0 Å². The van der Waals surface area contributed by atoms with Crippen LogP contribution in [0.2, 0.25) is 0 Å². The summed E-state index contributed by atoms with van der Waals surface area (Å²) >= 11 is 0. The predicted molar refractivity (Wildman–Crippen MR) is 84.5 cm³/mol. The molecule has 124 valence electrons. The van der Waals surface area contributed by atoms with Gasteiger partial charge < -0.3 is 10.1 Å². The average molecular weight is 329 g/mol. The van der Waals surface area contributed by atoms with E-state index in [9.17, 15) is 19.7 Å². The van der Waals surface area contributed by atoms with Crippen LogP contribution in [0.3, 0.4) is 0 Å². The van der Waals surface area contributed by atoms with E-state index in [0.717, 1.165) is 17.7 Å². The summed E-state index contributed by atoms with van der Waals surface area (Å²) in [6.07, 6.45) is 3.20. The molecule has 1 aromatic heterocycles. The van der Waals surface area contributed by atoms with Gasteiger partial charge in [-0.2, -0.15) is 0 Å². The molecule has 0 fully saturated rings. The van der Waals surface area contributed by atoms with Crippen LogP contribution in [-0.4, -0.2) is 28.4 Å². The smallest absolute Gasteiger partial charge is 0.338 e. The van der Waals surface area contributed by atoms with Crippen LogP contribution in [0.15, 0.2) is 42.7 Å². The van der Waals surface area contributed by atoms with Crippen molar-refractivity contribution in [2.45, 2.75) is 13.5 Å². The van der Waals surface area contributed by atoms with Gasteiger partial charge in [0, 0.05) is 36.6 Å². The first-order chi connectivity index (χ1) is 11.5. The van der Waals surface area contributed by atoms with Crippen LogP contribution < -0.4 is 5.32 Å². The number of nitro groups is 1. The summed E-state index contributed by atoms with van der Waals surface area (Å²) in [4.78, 5) is 38.3. The van der Waals surface area contributed by atoms with Gasteiger partial charge in [-0.15, -0.1) is 0 Å². The quantitative estimate of drug-likeness (QED) is 0.493. The maximum Gasteiger partial charge on any atom is 0.338 e. The first-order valence-corrected chi connectivity index (χ1v) is 7.15. The lowest BCUT2D eigenvalue weighted by atomic mass is 10.1. The summed E-state index contributed by atoms with van der Waals surface area (Å²) in [5, 5.41) is 13.6. The fraction of sp³-hybridized carbons (Fsp3) is 0.188. The van der Waals surface area contributed by atoms with E-state index >= 15 is 0 Å². The minimum Gasteiger partial charge on any atom is -0.462 e. The number of amides is 1. The molecule has 2 aromatic rings. The molecule has 0 aliphatic heterocycles. The average Bonchev–Trinajstić information content (AvgIpc) is 2.60. The van der Waals surface area contributed by atoms with Crippen molar-refractivity contribution >= 4 is 17.6 Å². The van der Waals surface area contributed by atoms with Gasteiger partial charge in [0.25, 0.3) is 11.6 Å². The summed E-state index contributed by atoms with van der Waals surface area (Å²) in [6, 6.07) is 6.97. The normalized spacial score (nSPS) is 10.0. The predicted octanol–water partition coefficient (Wildman–Crippen LogP) is 2.10. The molecule has 0 radical (unpaired) electrons. The molecule has 0 bridgehead atoms. The number of aromatic nitrogens is 1. The number of carbonyl (C=O) groups excluding carboxylic acids is 2. The molecular formula is C16H15N3O5. The molecule has 8 nitrogen and oxygen atoms in total. The second-order valence-electron chi connectivity index (χ2n) is 4.79. The van der Waals surface area contributed by atoms with Crippen molar-refractivity contribution < 1.29 is 19.2 Å². The Hall–Kier alpha value is -3.29. The number of esters is 1. The Bertz CT molecular complexity index is 762. The lowest BCUT2D eigenvalue weighted by Crippen LogP contribution is -2.23. The standard InChI is InChI=1S/C16H15N3O5/c1-2-24-16(21)13-6-12(7-14(8-13)19(22)23)15(20)18-10-11-4-3-5-17-9-11/h3-9H,2,10H2,1H3,(H,18,20). The van der Waals surface area contributed by atoms with Gasteiger partial charge in [0.2, 0.25) is 0 Å². The Morgan fingerprint density at radius 2 is 2.04 bits per heavy atom. The van der Waals surface area contributed by atoms with Gasteiger partial charge in [-0.05, 0) is 24.6 Å². The van der Waals surface area contributed by atoms with Crippen molar-refractivity contribution in [3.05, 3.63) is 69.5 Å². The molecule has 0 aliphatic rings. The molecule has 1 aromatic carbocycles. The zero-order chi connectivity index (χ0) is 17.5. The largest absolute Gasteiger partial charge is 0.462 e. The molecule has 0 saturated heterocycles. The van der Waals surface area contributed by atoms with Gasteiger partial charge in [-0.1, -0.05) is 6.07 Å². The zero-order valence-corrected chi connectivity index (χ0v) is 12.9. The Balaban J connectivity index is 2.22. The molecule has 8 heteroatoms. The Morgan fingerprint density at radius 3 is 2.67 bits per heavy atom. The fourth-order valence-corrected chi connectivity index (χ4v) is 1.97. The molecule has 0 spiro atoms. The minimum absolute atomic E-state index is 0.0103. The number of rotatable bonds is 6. The van der Waals surface area contributed by atoms with Gasteiger partial charge in [-0.3, -0.25) is 19.9 Å². The number of non-ortho nitro benzene ring substituents is 1. The van der Waals surface area contributed by atoms with Crippen molar-refractivity contribution in [1.29, 1.82) is 0 Å². The number of carbonyl (C=O) groups is 2. The molecule has 24 heavy (non-hydrogen) atoms. The van der Waals surface area contributed by atoms with Crippen molar-refractivity contribution in [2.75, 3.05) is 6.61 Å². The molecule has 1 heterocycles. The third-order valence-electron chi connectivity index (χ3n) is 3.08. The van der Waals surface area contributed by atoms with E-state index in [1.807, 2.05) is 0 Å². The summed E-state index contributed by atoms with van der Waals surface area (Å²) in [5.74, 6) is -1.25. The number of benzene rings is 1. The number of nitrogens with one attached hydrogen (secondary N) is 1. The summed E-state index contributed by atoms with van der Waals surface area (Å²) in [5.41, 5.74) is 0.391. The van der Waals surface area contributed by atoms with E-state index in [1.54, 1.807) is 31.5 Å². The lowest BCUT2D eigenvalue weighted by Gasteiger charge is -2.07. The topological polar surface area (TPSA) is 111 Å².